The van der Waals surface area contributed by atoms with Gasteiger partial charge in [-0.2, -0.15) is 0 Å². The molecule has 0 aromatic rings. The zero-order valence-corrected chi connectivity index (χ0v) is 9.51. The quantitative estimate of drug-likeness (QED) is 0.614. The van der Waals surface area contributed by atoms with E-state index in [1.54, 1.807) is 0 Å². The number of ether oxygens (including phenoxy) is 2. The molecule has 1 aliphatic heterocycles. The molecule has 1 unspecified atom stereocenters. The number of rotatable bonds is 0. The Bertz CT molecular complexity index is 166. The molecule has 0 bridgehead atoms. The van der Waals surface area contributed by atoms with Gasteiger partial charge in [0.2, 0.25) is 0 Å². The highest BCUT2D eigenvalue weighted by Gasteiger charge is 2.42. The van der Waals surface area contributed by atoms with Crippen LogP contribution in [0.3, 0.4) is 0 Å². The van der Waals surface area contributed by atoms with Crippen molar-refractivity contribution in [2.75, 3.05) is 13.2 Å². The molecule has 1 atom stereocenters. The van der Waals surface area contributed by atoms with E-state index in [0.29, 0.717) is 4.83 Å². The van der Waals surface area contributed by atoms with Gasteiger partial charge in [0.25, 0.3) is 0 Å². The van der Waals surface area contributed by atoms with Gasteiger partial charge in [-0.05, 0) is 12.8 Å². The van der Waals surface area contributed by atoms with Gasteiger partial charge in [0.05, 0.1) is 18.0 Å². The van der Waals surface area contributed by atoms with Gasteiger partial charge >= 0.3 is 0 Å². The molecule has 1 aliphatic carbocycles. The molecule has 2 rings (SSSR count). The van der Waals surface area contributed by atoms with Gasteiger partial charge in [0.1, 0.15) is 0 Å². The van der Waals surface area contributed by atoms with E-state index in [1.807, 2.05) is 0 Å². The summed E-state index contributed by atoms with van der Waals surface area (Å²) in [4.78, 5) is 0.391. The summed E-state index contributed by atoms with van der Waals surface area (Å²) in [6, 6.07) is 0. The summed E-state index contributed by atoms with van der Waals surface area (Å²) in [5.74, 6) is -0.277. The average Bonchev–Trinajstić information content (AvgIpc) is 2.58. The highest BCUT2D eigenvalue weighted by atomic mass is 79.9. The number of alkyl halides is 1. The van der Waals surface area contributed by atoms with Gasteiger partial charge in [-0.25, -0.2) is 0 Å². The summed E-state index contributed by atoms with van der Waals surface area (Å²) in [5, 5.41) is 0. The molecular formula is C10H17BrO2. The molecule has 1 saturated carbocycles. The molecule has 1 spiro atoms. The highest BCUT2D eigenvalue weighted by Crippen LogP contribution is 2.37. The van der Waals surface area contributed by atoms with Crippen molar-refractivity contribution in [2.24, 2.45) is 0 Å². The Labute approximate surface area is 88.1 Å². The molecule has 1 saturated heterocycles. The molecule has 13 heavy (non-hydrogen) atoms. The molecule has 2 aliphatic rings. The fraction of sp³-hybridized carbons (Fsp3) is 1.00. The van der Waals surface area contributed by atoms with Crippen molar-refractivity contribution >= 4 is 15.9 Å². The average molecular weight is 249 g/mol. The number of halogens is 1. The van der Waals surface area contributed by atoms with E-state index in [-0.39, 0.29) is 5.79 Å². The van der Waals surface area contributed by atoms with Gasteiger partial charge in [-0.1, -0.05) is 35.2 Å². The standard InChI is InChI=1S/C10H17BrO2/c11-9-5-3-1-2-4-6-10(9)12-7-8-13-10/h9H,1-8H2. The molecule has 0 aromatic heterocycles. The SMILES string of the molecule is BrC1CCCCCCC12OCCO2. The number of hydrogen-bond donors (Lipinski definition) is 0. The van der Waals surface area contributed by atoms with Crippen LogP contribution in [0.2, 0.25) is 0 Å². The largest absolute Gasteiger partial charge is 0.346 e. The maximum absolute atomic E-state index is 5.76. The Morgan fingerprint density at radius 1 is 1.00 bits per heavy atom. The number of hydrogen-bond acceptors (Lipinski definition) is 2. The van der Waals surface area contributed by atoms with Gasteiger partial charge in [0.15, 0.2) is 5.79 Å². The zero-order chi connectivity index (χ0) is 9.15. The summed E-state index contributed by atoms with van der Waals surface area (Å²) < 4.78 is 11.5. The van der Waals surface area contributed by atoms with E-state index in [9.17, 15) is 0 Å². The van der Waals surface area contributed by atoms with Crippen LogP contribution in [0.1, 0.15) is 38.5 Å². The molecule has 0 radical (unpaired) electrons. The van der Waals surface area contributed by atoms with Crippen LogP contribution in [0, 0.1) is 0 Å². The Morgan fingerprint density at radius 3 is 2.46 bits per heavy atom. The van der Waals surface area contributed by atoms with Crippen LogP contribution in [0.25, 0.3) is 0 Å². The predicted octanol–water partition coefficient (Wildman–Crippen LogP) is 2.85. The van der Waals surface area contributed by atoms with Gasteiger partial charge in [-0.15, -0.1) is 0 Å². The maximum atomic E-state index is 5.76. The Kier molecular flexibility index (Phi) is 3.27. The van der Waals surface area contributed by atoms with E-state index in [1.165, 1.54) is 32.1 Å². The lowest BCUT2D eigenvalue weighted by Crippen LogP contribution is -2.40. The summed E-state index contributed by atoms with van der Waals surface area (Å²) >= 11 is 3.71. The summed E-state index contributed by atoms with van der Waals surface area (Å²) in [7, 11) is 0. The Morgan fingerprint density at radius 2 is 1.69 bits per heavy atom. The van der Waals surface area contributed by atoms with Crippen molar-refractivity contribution in [3.63, 3.8) is 0 Å². The monoisotopic (exact) mass is 248 g/mol. The molecule has 76 valence electrons. The lowest BCUT2D eigenvalue weighted by atomic mass is 9.95. The predicted molar refractivity (Wildman–Crippen MR) is 55.1 cm³/mol. The minimum absolute atomic E-state index is 0.277. The lowest BCUT2D eigenvalue weighted by molar-refractivity contribution is -0.164. The third-order valence-corrected chi connectivity index (χ3v) is 4.14. The van der Waals surface area contributed by atoms with E-state index >= 15 is 0 Å². The summed E-state index contributed by atoms with van der Waals surface area (Å²) in [6.07, 6.45) is 7.46. The van der Waals surface area contributed by atoms with Crippen molar-refractivity contribution in [3.8, 4) is 0 Å². The van der Waals surface area contributed by atoms with Crippen LogP contribution >= 0.6 is 15.9 Å². The third-order valence-electron chi connectivity index (χ3n) is 2.99. The smallest absolute Gasteiger partial charge is 0.180 e. The summed E-state index contributed by atoms with van der Waals surface area (Å²) in [5.41, 5.74) is 0. The van der Waals surface area contributed by atoms with Crippen LogP contribution < -0.4 is 0 Å². The van der Waals surface area contributed by atoms with Crippen LogP contribution in [-0.4, -0.2) is 23.8 Å². The van der Waals surface area contributed by atoms with Gasteiger partial charge in [0, 0.05) is 6.42 Å². The lowest BCUT2D eigenvalue weighted by Gasteiger charge is -2.33. The first-order chi connectivity index (χ1) is 6.33. The van der Waals surface area contributed by atoms with Gasteiger partial charge in [-0.3, -0.25) is 0 Å². The molecular weight excluding hydrogens is 232 g/mol. The summed E-state index contributed by atoms with van der Waals surface area (Å²) in [6.45, 7) is 1.53. The van der Waals surface area contributed by atoms with E-state index in [4.69, 9.17) is 9.47 Å². The minimum Gasteiger partial charge on any atom is -0.346 e. The van der Waals surface area contributed by atoms with Crippen molar-refractivity contribution in [1.29, 1.82) is 0 Å². The Hall–Kier alpha value is 0.400. The first kappa shape index (κ1) is 9.94. The van der Waals surface area contributed by atoms with Crippen molar-refractivity contribution in [3.05, 3.63) is 0 Å². The molecule has 2 fully saturated rings. The molecule has 0 aromatic carbocycles. The van der Waals surface area contributed by atoms with Crippen LogP contribution in [0.15, 0.2) is 0 Å². The second kappa shape index (κ2) is 4.28. The van der Waals surface area contributed by atoms with Crippen molar-refractivity contribution < 1.29 is 9.47 Å². The molecule has 1 heterocycles. The van der Waals surface area contributed by atoms with Gasteiger partial charge < -0.3 is 9.47 Å². The Balaban J connectivity index is 2.03. The maximum Gasteiger partial charge on any atom is 0.180 e. The highest BCUT2D eigenvalue weighted by molar-refractivity contribution is 9.09. The normalized spacial score (nSPS) is 34.4. The fourth-order valence-electron chi connectivity index (χ4n) is 2.22. The van der Waals surface area contributed by atoms with Crippen LogP contribution in [0.4, 0.5) is 0 Å². The molecule has 3 heteroatoms. The molecule has 2 nitrogen and oxygen atoms in total. The van der Waals surface area contributed by atoms with Crippen LogP contribution in [-0.2, 0) is 9.47 Å². The van der Waals surface area contributed by atoms with E-state index in [2.05, 4.69) is 15.9 Å². The second-order valence-electron chi connectivity index (χ2n) is 3.93. The first-order valence-electron chi connectivity index (χ1n) is 5.25. The van der Waals surface area contributed by atoms with E-state index < -0.39 is 0 Å². The van der Waals surface area contributed by atoms with Crippen molar-refractivity contribution in [1.82, 2.24) is 0 Å². The first-order valence-corrected chi connectivity index (χ1v) is 6.17. The van der Waals surface area contributed by atoms with Crippen LogP contribution in [0.5, 0.6) is 0 Å². The van der Waals surface area contributed by atoms with E-state index in [0.717, 1.165) is 19.6 Å². The van der Waals surface area contributed by atoms with Crippen molar-refractivity contribution in [2.45, 2.75) is 49.1 Å². The topological polar surface area (TPSA) is 18.5 Å². The second-order valence-corrected chi connectivity index (χ2v) is 5.03. The molecule has 0 N–H and O–H groups in total. The zero-order valence-electron chi connectivity index (χ0n) is 7.93. The minimum atomic E-state index is -0.277. The fourth-order valence-corrected chi connectivity index (χ4v) is 3.04. The molecule has 0 amide bonds. The third kappa shape index (κ3) is 2.08.